The number of thioether (sulfide) groups is 1. The second-order valence-electron chi connectivity index (χ2n) is 4.18. The number of hydrogen-bond acceptors (Lipinski definition) is 3. The van der Waals surface area contributed by atoms with Crippen molar-refractivity contribution < 1.29 is 18.3 Å². The Kier molecular flexibility index (Phi) is 4.80. The maximum absolute atomic E-state index is 13.1. The first-order valence-corrected chi connectivity index (χ1v) is 7.25. The molecule has 0 radical (unpaired) electrons. The Morgan fingerprint density at radius 2 is 1.81 bits per heavy atom. The third-order valence-electron chi connectivity index (χ3n) is 2.77. The molecule has 21 heavy (non-hydrogen) atoms. The van der Waals surface area contributed by atoms with Gasteiger partial charge in [0, 0.05) is 16.6 Å². The minimum absolute atomic E-state index is 0.0495. The van der Waals surface area contributed by atoms with Crippen molar-refractivity contribution in [2.75, 3.05) is 18.7 Å². The summed E-state index contributed by atoms with van der Waals surface area (Å²) in [6.45, 7) is 0. The number of carbonyl (C=O) groups is 1. The van der Waals surface area contributed by atoms with Crippen molar-refractivity contribution in [3.05, 3.63) is 53.6 Å². The number of amides is 1. The summed E-state index contributed by atoms with van der Waals surface area (Å²) >= 11 is 1.52. The van der Waals surface area contributed by atoms with Crippen LogP contribution < -0.4 is 10.1 Å². The lowest BCUT2D eigenvalue weighted by Gasteiger charge is -2.10. The van der Waals surface area contributed by atoms with Gasteiger partial charge < -0.3 is 10.1 Å². The highest BCUT2D eigenvalue weighted by molar-refractivity contribution is 7.98. The first kappa shape index (κ1) is 15.3. The molecule has 110 valence electrons. The van der Waals surface area contributed by atoms with Crippen LogP contribution in [0.25, 0.3) is 0 Å². The molecule has 0 aromatic heterocycles. The summed E-state index contributed by atoms with van der Waals surface area (Å²) in [6.07, 6.45) is 1.91. The average molecular weight is 309 g/mol. The summed E-state index contributed by atoms with van der Waals surface area (Å²) in [5.41, 5.74) is 0.341. The quantitative estimate of drug-likeness (QED) is 0.869. The van der Waals surface area contributed by atoms with E-state index in [-0.39, 0.29) is 5.69 Å². The van der Waals surface area contributed by atoms with Gasteiger partial charge in [0.25, 0.3) is 5.91 Å². The van der Waals surface area contributed by atoms with E-state index in [0.717, 1.165) is 23.1 Å². The number of nitrogens with one attached hydrogen (secondary N) is 1. The Balaban J connectivity index is 2.27. The van der Waals surface area contributed by atoms with Gasteiger partial charge in [0.2, 0.25) is 0 Å². The Morgan fingerprint density at radius 3 is 2.38 bits per heavy atom. The predicted octanol–water partition coefficient (Wildman–Crippen LogP) is 3.95. The molecule has 0 spiro atoms. The number of carbonyl (C=O) groups excluding carboxylic acids is 1. The summed E-state index contributed by atoms with van der Waals surface area (Å²) in [6, 6.07) is 7.94. The summed E-state index contributed by atoms with van der Waals surface area (Å²) in [5.74, 6) is -1.61. The first-order chi connectivity index (χ1) is 10.0. The minimum Gasteiger partial charge on any atom is -0.496 e. The average Bonchev–Trinajstić information content (AvgIpc) is 2.45. The Bertz CT molecular complexity index is 656. The lowest BCUT2D eigenvalue weighted by atomic mass is 10.2. The molecule has 1 N–H and O–H groups in total. The van der Waals surface area contributed by atoms with Crippen LogP contribution in [0.5, 0.6) is 5.75 Å². The summed E-state index contributed by atoms with van der Waals surface area (Å²) in [4.78, 5) is 13.1. The van der Waals surface area contributed by atoms with Crippen molar-refractivity contribution in [3.63, 3.8) is 0 Å². The normalized spacial score (nSPS) is 10.3. The van der Waals surface area contributed by atoms with E-state index in [4.69, 9.17) is 4.74 Å². The van der Waals surface area contributed by atoms with Gasteiger partial charge in [0.05, 0.1) is 12.7 Å². The predicted molar refractivity (Wildman–Crippen MR) is 79.1 cm³/mol. The maximum Gasteiger partial charge on any atom is 0.259 e. The van der Waals surface area contributed by atoms with E-state index < -0.39 is 17.5 Å². The number of rotatable bonds is 4. The van der Waals surface area contributed by atoms with Gasteiger partial charge in [0.15, 0.2) is 0 Å². The van der Waals surface area contributed by atoms with Crippen LogP contribution in [0.2, 0.25) is 0 Å². The molecule has 1 amide bonds. The Labute approximate surface area is 125 Å². The van der Waals surface area contributed by atoms with E-state index in [0.29, 0.717) is 11.3 Å². The fraction of sp³-hybridized carbons (Fsp3) is 0.133. The van der Waals surface area contributed by atoms with Crippen LogP contribution in [-0.2, 0) is 0 Å². The number of hydrogen-bond donors (Lipinski definition) is 1. The molecule has 6 heteroatoms. The molecule has 0 saturated carbocycles. The van der Waals surface area contributed by atoms with E-state index in [2.05, 4.69) is 5.32 Å². The minimum atomic E-state index is -0.755. The molecule has 0 saturated heterocycles. The number of ether oxygens (including phenoxy) is 1. The highest BCUT2D eigenvalue weighted by Gasteiger charge is 2.14. The van der Waals surface area contributed by atoms with Gasteiger partial charge in [-0.25, -0.2) is 8.78 Å². The Morgan fingerprint density at radius 1 is 1.14 bits per heavy atom. The molecule has 0 unspecified atom stereocenters. The van der Waals surface area contributed by atoms with Gasteiger partial charge in [-0.2, -0.15) is 0 Å². The topological polar surface area (TPSA) is 38.3 Å². The van der Waals surface area contributed by atoms with Crippen LogP contribution in [-0.4, -0.2) is 19.3 Å². The second kappa shape index (κ2) is 6.58. The number of halogens is 2. The van der Waals surface area contributed by atoms with Crippen LogP contribution >= 0.6 is 11.8 Å². The van der Waals surface area contributed by atoms with E-state index in [1.54, 1.807) is 18.2 Å². The highest BCUT2D eigenvalue weighted by Crippen LogP contribution is 2.26. The molecule has 0 aliphatic heterocycles. The largest absolute Gasteiger partial charge is 0.496 e. The van der Waals surface area contributed by atoms with Crippen LogP contribution in [0.4, 0.5) is 14.5 Å². The van der Waals surface area contributed by atoms with Gasteiger partial charge in [-0.15, -0.1) is 11.8 Å². The third kappa shape index (κ3) is 3.72. The van der Waals surface area contributed by atoms with Gasteiger partial charge in [-0.3, -0.25) is 4.79 Å². The van der Waals surface area contributed by atoms with Crippen LogP contribution in [0.15, 0.2) is 41.3 Å². The van der Waals surface area contributed by atoms with Crippen molar-refractivity contribution in [3.8, 4) is 5.75 Å². The fourth-order valence-corrected chi connectivity index (χ4v) is 2.24. The first-order valence-electron chi connectivity index (χ1n) is 6.03. The lowest BCUT2D eigenvalue weighted by Crippen LogP contribution is -2.13. The number of benzene rings is 2. The third-order valence-corrected chi connectivity index (χ3v) is 3.50. The van der Waals surface area contributed by atoms with E-state index in [1.165, 1.54) is 18.9 Å². The molecule has 0 bridgehead atoms. The molecule has 0 heterocycles. The second-order valence-corrected chi connectivity index (χ2v) is 5.06. The lowest BCUT2D eigenvalue weighted by molar-refractivity contribution is 0.102. The van der Waals surface area contributed by atoms with Crippen molar-refractivity contribution in [1.29, 1.82) is 0 Å². The van der Waals surface area contributed by atoms with Crippen molar-refractivity contribution in [1.82, 2.24) is 0 Å². The van der Waals surface area contributed by atoms with Gasteiger partial charge in [-0.05, 0) is 36.6 Å². The SMILES string of the molecule is COc1cc(SC)ccc1C(=O)Nc1cc(F)cc(F)c1. The molecule has 0 fully saturated rings. The molecule has 2 aromatic rings. The zero-order valence-corrected chi connectivity index (χ0v) is 12.3. The maximum atomic E-state index is 13.1. The number of methoxy groups -OCH3 is 1. The van der Waals surface area contributed by atoms with Crippen LogP contribution in [0, 0.1) is 11.6 Å². The van der Waals surface area contributed by atoms with Crippen molar-refractivity contribution in [2.24, 2.45) is 0 Å². The summed E-state index contributed by atoms with van der Waals surface area (Å²) in [5, 5.41) is 2.45. The fourth-order valence-electron chi connectivity index (χ4n) is 1.81. The van der Waals surface area contributed by atoms with Gasteiger partial charge in [-0.1, -0.05) is 0 Å². The standard InChI is InChI=1S/C15H13F2NO2S/c1-20-14-8-12(21-2)3-4-13(14)15(19)18-11-6-9(16)5-10(17)7-11/h3-8H,1-2H3,(H,18,19). The highest BCUT2D eigenvalue weighted by atomic mass is 32.2. The van der Waals surface area contributed by atoms with E-state index in [9.17, 15) is 13.6 Å². The molecular weight excluding hydrogens is 296 g/mol. The monoisotopic (exact) mass is 309 g/mol. The molecule has 2 rings (SSSR count). The van der Waals surface area contributed by atoms with Gasteiger partial charge in [0.1, 0.15) is 17.4 Å². The molecule has 2 aromatic carbocycles. The summed E-state index contributed by atoms with van der Waals surface area (Å²) in [7, 11) is 1.46. The van der Waals surface area contributed by atoms with Crippen LogP contribution in [0.1, 0.15) is 10.4 Å². The molecule has 0 aliphatic carbocycles. The zero-order chi connectivity index (χ0) is 15.4. The molecule has 0 aliphatic rings. The number of anilines is 1. The molecular formula is C15H13F2NO2S. The van der Waals surface area contributed by atoms with Crippen LogP contribution in [0.3, 0.4) is 0 Å². The summed E-state index contributed by atoms with van der Waals surface area (Å²) < 4.78 is 31.4. The smallest absolute Gasteiger partial charge is 0.259 e. The van der Waals surface area contributed by atoms with Crippen molar-refractivity contribution >= 4 is 23.4 Å². The molecule has 0 atom stereocenters. The van der Waals surface area contributed by atoms with Gasteiger partial charge >= 0.3 is 0 Å². The zero-order valence-electron chi connectivity index (χ0n) is 11.4. The van der Waals surface area contributed by atoms with E-state index >= 15 is 0 Å². The molecule has 3 nitrogen and oxygen atoms in total. The van der Waals surface area contributed by atoms with E-state index in [1.807, 2.05) is 6.26 Å². The van der Waals surface area contributed by atoms with Crippen molar-refractivity contribution in [2.45, 2.75) is 4.90 Å². The Hall–Kier alpha value is -2.08.